The Balaban J connectivity index is 2.69. The van der Waals surface area contributed by atoms with Crippen molar-refractivity contribution in [3.63, 3.8) is 0 Å². The fraction of sp³-hybridized carbons (Fsp3) is 0.600. The smallest absolute Gasteiger partial charge is 0.236 e. The molecule has 1 aliphatic rings. The Morgan fingerprint density at radius 2 is 2.33 bits per heavy atom. The largest absolute Gasteiger partial charge is 0.296 e. The molecule has 2 N–H and O–H groups in total. The van der Waals surface area contributed by atoms with Crippen molar-refractivity contribution in [3.05, 3.63) is 0 Å². The van der Waals surface area contributed by atoms with E-state index in [1.807, 2.05) is 0 Å². The van der Waals surface area contributed by atoms with E-state index in [1.54, 1.807) is 0 Å². The molecule has 0 fully saturated rings. The van der Waals surface area contributed by atoms with Crippen LogP contribution in [0.15, 0.2) is 4.99 Å². The van der Waals surface area contributed by atoms with Crippen LogP contribution in [0, 0.1) is 0 Å². The molecule has 0 saturated heterocycles. The summed E-state index contributed by atoms with van der Waals surface area (Å²) in [5.41, 5.74) is 0. The van der Waals surface area contributed by atoms with Crippen LogP contribution in [0.5, 0.6) is 0 Å². The van der Waals surface area contributed by atoms with E-state index in [0.717, 1.165) is 0 Å². The number of hydrogen-bond donors (Lipinski definition) is 2. The Labute approximate surface area is 70.1 Å². The summed E-state index contributed by atoms with van der Waals surface area (Å²) >= 11 is 0. The van der Waals surface area contributed by atoms with Crippen molar-refractivity contribution in [2.45, 2.75) is 6.92 Å². The first-order valence-electron chi connectivity index (χ1n) is 3.32. The summed E-state index contributed by atoms with van der Waals surface area (Å²) in [5.74, 6) is -0.372. The van der Waals surface area contributed by atoms with Gasteiger partial charge in [-0.15, -0.1) is 0 Å². The summed E-state index contributed by atoms with van der Waals surface area (Å²) in [6.07, 6.45) is 0. The number of carbonyl (C=O) groups is 1. The fourth-order valence-electron chi connectivity index (χ4n) is 0.740. The first-order chi connectivity index (χ1) is 5.49. The minimum absolute atomic E-state index is 0.00810. The van der Waals surface area contributed by atoms with Gasteiger partial charge < -0.3 is 0 Å². The Kier molecular flexibility index (Phi) is 2.32. The molecular weight excluding hydrogens is 182 g/mol. The maximum atomic E-state index is 10.9. The number of sulfonamides is 1. The molecule has 12 heavy (non-hydrogen) atoms. The van der Waals surface area contributed by atoms with Gasteiger partial charge in [0.15, 0.2) is 0 Å². The third kappa shape index (κ3) is 2.50. The zero-order chi connectivity index (χ0) is 9.19. The average molecular weight is 191 g/mol. The molecular formula is C5H9N3O3S. The van der Waals surface area contributed by atoms with Crippen LogP contribution in [0.3, 0.4) is 0 Å². The molecule has 0 saturated carbocycles. The number of nitrogens with zero attached hydrogens (tertiary/aromatic N) is 1. The molecule has 68 valence electrons. The van der Waals surface area contributed by atoms with Gasteiger partial charge in [0.1, 0.15) is 0 Å². The number of rotatable bonds is 0. The minimum Gasteiger partial charge on any atom is -0.296 e. The second kappa shape index (κ2) is 3.10. The van der Waals surface area contributed by atoms with E-state index in [0.29, 0.717) is 0 Å². The lowest BCUT2D eigenvalue weighted by atomic mass is 10.7. The molecule has 0 aliphatic carbocycles. The van der Waals surface area contributed by atoms with Gasteiger partial charge in [-0.05, 0) is 0 Å². The highest BCUT2D eigenvalue weighted by molar-refractivity contribution is 7.90. The third-order valence-electron chi connectivity index (χ3n) is 1.18. The Bertz CT molecular complexity index is 319. The molecule has 0 radical (unpaired) electrons. The highest BCUT2D eigenvalue weighted by Gasteiger charge is 2.17. The molecule has 0 aromatic rings. The van der Waals surface area contributed by atoms with Gasteiger partial charge in [0.05, 0.1) is 12.3 Å². The normalized spacial score (nSPS) is 20.6. The molecule has 0 unspecified atom stereocenters. The quantitative estimate of drug-likeness (QED) is 0.484. The van der Waals surface area contributed by atoms with Crippen molar-refractivity contribution in [1.29, 1.82) is 0 Å². The average Bonchev–Trinajstić information content (AvgIpc) is 1.82. The van der Waals surface area contributed by atoms with Crippen LogP contribution in [0.25, 0.3) is 0 Å². The SMILES string of the molecule is CC(=O)NC1=NCCS(=O)(=O)N1. The molecule has 0 spiro atoms. The Hall–Kier alpha value is -1.11. The van der Waals surface area contributed by atoms with Gasteiger partial charge >= 0.3 is 0 Å². The number of amides is 1. The number of aliphatic imine (C=N–C) groups is 1. The molecule has 1 amide bonds. The molecule has 1 aliphatic heterocycles. The summed E-state index contributed by atoms with van der Waals surface area (Å²) in [6, 6.07) is 0. The van der Waals surface area contributed by atoms with Crippen LogP contribution in [-0.2, 0) is 14.8 Å². The van der Waals surface area contributed by atoms with Crippen molar-refractivity contribution < 1.29 is 13.2 Å². The molecule has 0 atom stereocenters. The van der Waals surface area contributed by atoms with E-state index in [2.05, 4.69) is 15.0 Å². The lowest BCUT2D eigenvalue weighted by Crippen LogP contribution is -2.47. The summed E-state index contributed by atoms with van der Waals surface area (Å²) in [7, 11) is -3.27. The zero-order valence-corrected chi connectivity index (χ0v) is 7.31. The highest BCUT2D eigenvalue weighted by atomic mass is 32.2. The van der Waals surface area contributed by atoms with Crippen LogP contribution in [-0.4, -0.2) is 32.6 Å². The van der Waals surface area contributed by atoms with Crippen LogP contribution < -0.4 is 10.0 Å². The van der Waals surface area contributed by atoms with Gasteiger partial charge in [-0.2, -0.15) is 0 Å². The standard InChI is InChI=1S/C5H9N3O3S/c1-4(9)7-5-6-2-3-12(10,11)8-5/h2-3H2,1H3,(H2,6,7,8,9). The maximum absolute atomic E-state index is 10.9. The minimum atomic E-state index is -3.27. The van der Waals surface area contributed by atoms with Crippen LogP contribution in [0.4, 0.5) is 0 Å². The zero-order valence-electron chi connectivity index (χ0n) is 6.49. The second-order valence-electron chi connectivity index (χ2n) is 2.33. The monoisotopic (exact) mass is 191 g/mol. The topological polar surface area (TPSA) is 87.6 Å². The molecule has 1 rings (SSSR count). The first kappa shape index (κ1) is 8.98. The summed E-state index contributed by atoms with van der Waals surface area (Å²) < 4.78 is 23.9. The number of guanidine groups is 1. The van der Waals surface area contributed by atoms with E-state index in [1.165, 1.54) is 6.92 Å². The second-order valence-corrected chi connectivity index (χ2v) is 4.17. The summed E-state index contributed by atoms with van der Waals surface area (Å²) in [5, 5.41) is 2.26. The van der Waals surface area contributed by atoms with Gasteiger partial charge in [-0.25, -0.2) is 8.42 Å². The Morgan fingerprint density at radius 1 is 1.67 bits per heavy atom. The van der Waals surface area contributed by atoms with Crippen molar-refractivity contribution >= 4 is 21.9 Å². The predicted octanol–water partition coefficient (Wildman–Crippen LogP) is -1.59. The van der Waals surface area contributed by atoms with Gasteiger partial charge in [-0.3, -0.25) is 19.8 Å². The number of nitrogens with one attached hydrogen (secondary N) is 2. The number of carbonyl (C=O) groups excluding carboxylic acids is 1. The van der Waals surface area contributed by atoms with Crippen LogP contribution >= 0.6 is 0 Å². The van der Waals surface area contributed by atoms with Crippen molar-refractivity contribution in [2.24, 2.45) is 4.99 Å². The van der Waals surface area contributed by atoms with E-state index < -0.39 is 10.0 Å². The van der Waals surface area contributed by atoms with Gasteiger partial charge in [0.2, 0.25) is 21.9 Å². The van der Waals surface area contributed by atoms with Crippen molar-refractivity contribution in [3.8, 4) is 0 Å². The molecule has 6 nitrogen and oxygen atoms in total. The van der Waals surface area contributed by atoms with E-state index in [9.17, 15) is 13.2 Å². The summed E-state index contributed by atoms with van der Waals surface area (Å²) in [6.45, 7) is 1.47. The molecule has 1 heterocycles. The van der Waals surface area contributed by atoms with Gasteiger partial charge in [0, 0.05) is 6.92 Å². The van der Waals surface area contributed by atoms with E-state index in [4.69, 9.17) is 0 Å². The van der Waals surface area contributed by atoms with Gasteiger partial charge in [0.25, 0.3) is 0 Å². The molecule has 0 aromatic heterocycles. The van der Waals surface area contributed by atoms with Crippen molar-refractivity contribution in [2.75, 3.05) is 12.3 Å². The summed E-state index contributed by atoms with van der Waals surface area (Å²) in [4.78, 5) is 14.3. The Morgan fingerprint density at radius 3 is 2.83 bits per heavy atom. The fourth-order valence-corrected chi connectivity index (χ4v) is 1.58. The lowest BCUT2D eigenvalue weighted by Gasteiger charge is -2.14. The van der Waals surface area contributed by atoms with Crippen LogP contribution in [0.2, 0.25) is 0 Å². The highest BCUT2D eigenvalue weighted by Crippen LogP contribution is 1.91. The number of hydrogen-bond acceptors (Lipinski definition) is 4. The maximum Gasteiger partial charge on any atom is 0.236 e. The van der Waals surface area contributed by atoms with Crippen LogP contribution in [0.1, 0.15) is 6.92 Å². The van der Waals surface area contributed by atoms with Gasteiger partial charge in [-0.1, -0.05) is 0 Å². The molecule has 0 aromatic carbocycles. The third-order valence-corrected chi connectivity index (χ3v) is 2.40. The van der Waals surface area contributed by atoms with E-state index >= 15 is 0 Å². The van der Waals surface area contributed by atoms with Crippen molar-refractivity contribution in [1.82, 2.24) is 10.0 Å². The lowest BCUT2D eigenvalue weighted by molar-refractivity contribution is -0.117. The molecule has 7 heteroatoms. The molecule has 0 bridgehead atoms. The predicted molar refractivity (Wildman–Crippen MR) is 43.0 cm³/mol. The first-order valence-corrected chi connectivity index (χ1v) is 4.97. The van der Waals surface area contributed by atoms with E-state index in [-0.39, 0.29) is 24.2 Å².